The second-order valence-electron chi connectivity index (χ2n) is 8.33. The van der Waals surface area contributed by atoms with Crippen LogP contribution >= 0.6 is 0 Å². The maximum atomic E-state index is 12.6. The molecule has 1 aliphatic heterocycles. The summed E-state index contributed by atoms with van der Waals surface area (Å²) in [6.45, 7) is 1.82. The molecular weight excluding hydrogens is 406 g/mol. The molecule has 0 bridgehead atoms. The van der Waals surface area contributed by atoms with Gasteiger partial charge in [0.15, 0.2) is 0 Å². The van der Waals surface area contributed by atoms with Crippen LogP contribution in [0.3, 0.4) is 0 Å². The molecule has 1 atom stereocenters. The minimum Gasteiger partial charge on any atom is -0.490 e. The van der Waals surface area contributed by atoms with Crippen molar-refractivity contribution in [2.24, 2.45) is 7.05 Å². The Morgan fingerprint density at radius 3 is 2.66 bits per heavy atom. The molecule has 32 heavy (non-hydrogen) atoms. The smallest absolute Gasteiger partial charge is 0.255 e. The fourth-order valence-electron chi connectivity index (χ4n) is 4.38. The van der Waals surface area contributed by atoms with E-state index in [9.17, 15) is 4.79 Å². The van der Waals surface area contributed by atoms with E-state index in [1.807, 2.05) is 12.1 Å². The molecule has 2 aliphatic rings. The van der Waals surface area contributed by atoms with Gasteiger partial charge in [-0.3, -0.25) is 9.36 Å². The predicted molar refractivity (Wildman–Crippen MR) is 121 cm³/mol. The Bertz CT molecular complexity index is 1110. The van der Waals surface area contributed by atoms with Crippen LogP contribution in [0.1, 0.15) is 37.4 Å². The van der Waals surface area contributed by atoms with Crippen molar-refractivity contribution in [3.63, 3.8) is 0 Å². The van der Waals surface area contributed by atoms with Gasteiger partial charge in [0.05, 0.1) is 30.6 Å². The van der Waals surface area contributed by atoms with Crippen molar-refractivity contribution in [3.8, 4) is 17.1 Å². The van der Waals surface area contributed by atoms with Crippen molar-refractivity contribution in [1.82, 2.24) is 19.5 Å². The highest BCUT2D eigenvalue weighted by atomic mass is 16.5. The third-order valence-electron chi connectivity index (χ3n) is 6.16. The zero-order valence-electron chi connectivity index (χ0n) is 18.2. The van der Waals surface area contributed by atoms with Gasteiger partial charge in [0.2, 0.25) is 5.95 Å². The maximum absolute atomic E-state index is 12.6. The van der Waals surface area contributed by atoms with E-state index in [-0.39, 0.29) is 11.7 Å². The summed E-state index contributed by atoms with van der Waals surface area (Å²) < 4.78 is 13.7. The fourth-order valence-corrected chi connectivity index (χ4v) is 4.38. The first-order chi connectivity index (χ1) is 15.7. The van der Waals surface area contributed by atoms with E-state index in [1.54, 1.807) is 23.9 Å². The molecule has 0 spiro atoms. The summed E-state index contributed by atoms with van der Waals surface area (Å²) in [7, 11) is 1.74. The molecule has 166 valence electrons. The van der Waals surface area contributed by atoms with E-state index in [0.717, 1.165) is 24.2 Å². The number of hydrogen-bond acceptors (Lipinski definition) is 7. The minimum absolute atomic E-state index is 0.108. The summed E-state index contributed by atoms with van der Waals surface area (Å²) in [6, 6.07) is 11.5. The molecule has 2 aromatic heterocycles. The molecule has 1 saturated heterocycles. The minimum atomic E-state index is -0.125. The average molecular weight is 434 g/mol. The maximum Gasteiger partial charge on any atom is 0.255 e. The van der Waals surface area contributed by atoms with E-state index in [0.29, 0.717) is 43.1 Å². The van der Waals surface area contributed by atoms with E-state index in [1.165, 1.54) is 25.2 Å². The Kier molecular flexibility index (Phi) is 5.85. The molecule has 1 saturated carbocycles. The third kappa shape index (κ3) is 4.36. The van der Waals surface area contributed by atoms with Gasteiger partial charge in [-0.05, 0) is 49.4 Å². The SMILES string of the molecule is Cn1c(N2CCOC(c3ccc(OC4CCCC4)cc3)C2)nc(-c2ccncn2)cc1=O. The lowest BCUT2D eigenvalue weighted by atomic mass is 10.1. The van der Waals surface area contributed by atoms with Gasteiger partial charge in [-0.25, -0.2) is 15.0 Å². The molecule has 0 radical (unpaired) electrons. The largest absolute Gasteiger partial charge is 0.490 e. The average Bonchev–Trinajstić information content (AvgIpc) is 3.35. The first-order valence-electron chi connectivity index (χ1n) is 11.1. The van der Waals surface area contributed by atoms with Crippen LogP contribution in [-0.2, 0) is 11.8 Å². The molecular formula is C24H27N5O3. The number of aromatic nitrogens is 4. The standard InChI is InChI=1S/C24H27N5O3/c1-28-23(30)14-21(20-10-11-25-16-26-20)27-24(28)29-12-13-31-22(15-29)17-6-8-19(9-7-17)32-18-4-2-3-5-18/h6-11,14,16,18,22H,2-5,12-13,15H2,1H3. The zero-order valence-corrected chi connectivity index (χ0v) is 18.2. The number of hydrogen-bond donors (Lipinski definition) is 0. The van der Waals surface area contributed by atoms with Crippen LogP contribution < -0.4 is 15.2 Å². The van der Waals surface area contributed by atoms with Gasteiger partial charge in [-0.1, -0.05) is 12.1 Å². The van der Waals surface area contributed by atoms with Gasteiger partial charge >= 0.3 is 0 Å². The van der Waals surface area contributed by atoms with Crippen LogP contribution in [0.15, 0.2) is 53.7 Å². The highest BCUT2D eigenvalue weighted by Crippen LogP contribution is 2.29. The normalized spacial score (nSPS) is 19.3. The molecule has 5 rings (SSSR count). The van der Waals surface area contributed by atoms with Crippen LogP contribution in [-0.4, -0.2) is 45.3 Å². The van der Waals surface area contributed by atoms with Crippen molar-refractivity contribution >= 4 is 5.95 Å². The van der Waals surface area contributed by atoms with Crippen molar-refractivity contribution < 1.29 is 9.47 Å². The fraction of sp³-hybridized carbons (Fsp3) is 0.417. The molecule has 0 amide bonds. The first-order valence-corrected chi connectivity index (χ1v) is 11.1. The van der Waals surface area contributed by atoms with Gasteiger partial charge in [0.25, 0.3) is 5.56 Å². The Morgan fingerprint density at radius 2 is 1.91 bits per heavy atom. The highest BCUT2D eigenvalue weighted by Gasteiger charge is 2.25. The molecule has 2 fully saturated rings. The van der Waals surface area contributed by atoms with Crippen molar-refractivity contribution in [2.75, 3.05) is 24.6 Å². The lowest BCUT2D eigenvalue weighted by Gasteiger charge is -2.34. The Hall–Kier alpha value is -3.26. The number of benzene rings is 1. The molecule has 3 aromatic rings. The lowest BCUT2D eigenvalue weighted by Crippen LogP contribution is -2.41. The van der Waals surface area contributed by atoms with Crippen LogP contribution in [0.4, 0.5) is 5.95 Å². The lowest BCUT2D eigenvalue weighted by molar-refractivity contribution is 0.0389. The topological polar surface area (TPSA) is 82.4 Å². The summed E-state index contributed by atoms with van der Waals surface area (Å²) >= 11 is 0. The molecule has 3 heterocycles. The Morgan fingerprint density at radius 1 is 1.09 bits per heavy atom. The van der Waals surface area contributed by atoms with Crippen molar-refractivity contribution in [2.45, 2.75) is 37.9 Å². The quantitative estimate of drug-likeness (QED) is 0.611. The second-order valence-corrected chi connectivity index (χ2v) is 8.33. The molecule has 8 heteroatoms. The number of nitrogens with zero attached hydrogens (tertiary/aromatic N) is 5. The summed E-state index contributed by atoms with van der Waals surface area (Å²) in [5, 5.41) is 0. The van der Waals surface area contributed by atoms with Crippen LogP contribution in [0.25, 0.3) is 11.4 Å². The molecule has 1 aromatic carbocycles. The van der Waals surface area contributed by atoms with Crippen LogP contribution in [0.2, 0.25) is 0 Å². The van der Waals surface area contributed by atoms with E-state index in [4.69, 9.17) is 14.5 Å². The zero-order chi connectivity index (χ0) is 21.9. The van der Waals surface area contributed by atoms with Gasteiger partial charge in [-0.2, -0.15) is 0 Å². The van der Waals surface area contributed by atoms with Gasteiger partial charge in [-0.15, -0.1) is 0 Å². The molecule has 1 aliphatic carbocycles. The number of anilines is 1. The first kappa shape index (κ1) is 20.6. The van der Waals surface area contributed by atoms with Gasteiger partial charge < -0.3 is 14.4 Å². The highest BCUT2D eigenvalue weighted by molar-refractivity contribution is 5.55. The van der Waals surface area contributed by atoms with Gasteiger partial charge in [0.1, 0.15) is 18.2 Å². The summed E-state index contributed by atoms with van der Waals surface area (Å²) in [5.74, 6) is 1.52. The van der Waals surface area contributed by atoms with E-state index < -0.39 is 0 Å². The number of morpholine rings is 1. The van der Waals surface area contributed by atoms with Crippen molar-refractivity contribution in [1.29, 1.82) is 0 Å². The Balaban J connectivity index is 1.35. The predicted octanol–water partition coefficient (Wildman–Crippen LogP) is 3.14. The number of rotatable bonds is 5. The summed E-state index contributed by atoms with van der Waals surface area (Å²) in [5.41, 5.74) is 2.13. The summed E-state index contributed by atoms with van der Waals surface area (Å²) in [4.78, 5) is 27.6. The third-order valence-corrected chi connectivity index (χ3v) is 6.16. The Labute approximate surface area is 186 Å². The summed E-state index contributed by atoms with van der Waals surface area (Å²) in [6.07, 6.45) is 8.13. The second kappa shape index (κ2) is 9.08. The monoisotopic (exact) mass is 433 g/mol. The van der Waals surface area contributed by atoms with E-state index >= 15 is 0 Å². The number of ether oxygens (including phenoxy) is 2. The molecule has 1 unspecified atom stereocenters. The van der Waals surface area contributed by atoms with Crippen LogP contribution in [0.5, 0.6) is 5.75 Å². The molecule has 0 N–H and O–H groups in total. The van der Waals surface area contributed by atoms with Gasteiger partial charge in [0, 0.05) is 25.9 Å². The molecule has 8 nitrogen and oxygen atoms in total. The van der Waals surface area contributed by atoms with E-state index in [2.05, 4.69) is 27.0 Å². The van der Waals surface area contributed by atoms with Crippen molar-refractivity contribution in [3.05, 3.63) is 64.8 Å². The van der Waals surface area contributed by atoms with Crippen LogP contribution in [0, 0.1) is 0 Å².